The lowest BCUT2D eigenvalue weighted by molar-refractivity contribution is 1.17. The maximum atomic E-state index is 10.2. The van der Waals surface area contributed by atoms with Gasteiger partial charge in [-0.15, -0.1) is 0 Å². The summed E-state index contributed by atoms with van der Waals surface area (Å²) in [6, 6.07) is 7.61. The molecule has 0 aliphatic carbocycles. The zero-order valence-electron chi connectivity index (χ0n) is 52.6. The van der Waals surface area contributed by atoms with E-state index in [0.29, 0.717) is 11.1 Å². The third-order valence-electron chi connectivity index (χ3n) is 10.2. The number of fused-ring (bicyclic) bond motifs is 6. The average Bonchev–Trinajstić information content (AvgIpc) is 4.14. The van der Waals surface area contributed by atoms with Crippen LogP contribution in [0.2, 0.25) is 0 Å². The van der Waals surface area contributed by atoms with E-state index in [1.54, 1.807) is 66.7 Å². The van der Waals surface area contributed by atoms with Crippen LogP contribution >= 0.6 is 0 Å². The summed E-state index contributed by atoms with van der Waals surface area (Å²) in [6.45, 7) is 0. The van der Waals surface area contributed by atoms with E-state index in [1.807, 2.05) is 18.2 Å². The lowest BCUT2D eigenvalue weighted by Crippen LogP contribution is -2.74. The van der Waals surface area contributed by atoms with Crippen molar-refractivity contribution >= 4 is 72.4 Å². The number of hydrogen-bond acceptors (Lipinski definition) is 0. The topological polar surface area (TPSA) is 9.86 Å². The monoisotopic (exact) mass is 765 g/mol. The van der Waals surface area contributed by atoms with Crippen molar-refractivity contribution in [2.24, 2.45) is 0 Å². The van der Waals surface area contributed by atoms with E-state index in [-0.39, 0.29) is 37.0 Å². The first-order valence-electron chi connectivity index (χ1n) is 29.3. The Balaban J connectivity index is 1.34. The van der Waals surface area contributed by atoms with Crippen molar-refractivity contribution in [1.29, 1.82) is 0 Å². The van der Waals surface area contributed by atoms with E-state index in [2.05, 4.69) is 0 Å². The number of hydrogen-bond donors (Lipinski definition) is 0. The van der Waals surface area contributed by atoms with Crippen molar-refractivity contribution in [3.63, 3.8) is 0 Å². The van der Waals surface area contributed by atoms with Crippen molar-refractivity contribution in [3.05, 3.63) is 230 Å². The molecule has 11 aromatic rings. The minimum atomic E-state index is -4.82. The highest BCUT2D eigenvalue weighted by atomic mass is 28.3. The summed E-state index contributed by atoms with van der Waals surface area (Å²) in [5, 5.41) is -1.67. The highest BCUT2D eigenvalue weighted by Crippen LogP contribution is 2.36. The number of benzene rings is 9. The fourth-order valence-corrected chi connectivity index (χ4v) is 11.9. The van der Waals surface area contributed by atoms with Gasteiger partial charge in [0.2, 0.25) is 0 Å². The first-order valence-corrected chi connectivity index (χ1v) is 19.8. The molecule has 0 radical (unpaired) electrons. The van der Waals surface area contributed by atoms with Gasteiger partial charge in [-0.05, 0) is 80.2 Å². The summed E-state index contributed by atoms with van der Waals surface area (Å²) in [5.74, 6) is 0. The zero-order chi connectivity index (χ0) is 57.8. The van der Waals surface area contributed by atoms with Gasteiger partial charge in [-0.25, -0.2) is 0 Å². The molecular weight excluding hydrogens is 705 g/mol. The first kappa shape index (κ1) is 17.3. The van der Waals surface area contributed by atoms with Crippen LogP contribution in [0, 0.1) is 0 Å². The van der Waals surface area contributed by atoms with Crippen LogP contribution in [0.15, 0.2) is 230 Å². The first-order chi connectivity index (χ1) is 37.8. The van der Waals surface area contributed by atoms with Gasteiger partial charge in [0.1, 0.15) is 0 Å². The van der Waals surface area contributed by atoms with Gasteiger partial charge in [-0.2, -0.15) is 0 Å². The van der Waals surface area contributed by atoms with Gasteiger partial charge in [0.05, 0.1) is 53.6 Å². The van der Waals surface area contributed by atoms with Gasteiger partial charge in [0.25, 0.3) is 0 Å². The van der Waals surface area contributed by atoms with Crippen LogP contribution in [0.3, 0.4) is 0 Å². The van der Waals surface area contributed by atoms with Gasteiger partial charge < -0.3 is 9.13 Å². The van der Waals surface area contributed by atoms with Crippen LogP contribution in [0.5, 0.6) is 0 Å². The summed E-state index contributed by atoms with van der Waals surface area (Å²) >= 11 is 0. The molecule has 0 saturated carbocycles. The molecule has 0 N–H and O–H groups in total. The molecule has 2 heterocycles. The minimum absolute atomic E-state index is 0.237. The molecule has 1 atom stereocenters. The van der Waals surface area contributed by atoms with Gasteiger partial charge in [-0.3, -0.25) is 0 Å². The third kappa shape index (κ3) is 5.24. The molecule has 11 rings (SSSR count). The Morgan fingerprint density at radius 3 is 1.60 bits per heavy atom. The van der Waals surface area contributed by atoms with Crippen LogP contribution in [-0.4, -0.2) is 17.2 Å². The Kier molecular flexibility index (Phi) is 4.10. The maximum Gasteiger partial charge on any atom is 0.179 e. The predicted molar refractivity (Wildman–Crippen MR) is 244 cm³/mol. The number of para-hydroxylation sites is 3. The SMILES string of the molecule is [2H]c1cc2c(c([2H])c1[2H])c1c([2H])c([2H])c([2H])c([2H])c1n2-c1c([2H])c([2H])c2c(c1[2H])c1c([2H])c([2H])c([2H])c([2H])c1n2-c1c([2H])c([2H])c([Si](c2ccccc2)(c2cccc(-c3ccccc3)c2)c2c([2H])c([2H])c([2H])c([2H])c2[2H])c([2H])c1[2H]. The van der Waals surface area contributed by atoms with Crippen LogP contribution in [-0.2, 0) is 0 Å². The quantitative estimate of drug-likeness (QED) is 0.113. The van der Waals surface area contributed by atoms with E-state index in [0.717, 1.165) is 15.2 Å². The van der Waals surface area contributed by atoms with Gasteiger partial charge in [0.15, 0.2) is 8.07 Å². The molecule has 2 aromatic heterocycles. The molecule has 0 bridgehead atoms. The minimum Gasteiger partial charge on any atom is -0.309 e. The van der Waals surface area contributed by atoms with Crippen molar-refractivity contribution in [2.45, 2.75) is 0 Å². The Labute approximate surface area is 365 Å². The number of nitrogens with zero attached hydrogens (tertiary/aromatic N) is 2. The molecule has 268 valence electrons. The van der Waals surface area contributed by atoms with Crippen LogP contribution < -0.4 is 20.7 Å². The highest BCUT2D eigenvalue weighted by molar-refractivity contribution is 7.19. The Morgan fingerprint density at radius 2 is 0.860 bits per heavy atom. The van der Waals surface area contributed by atoms with Gasteiger partial charge in [-0.1, -0.05) is 182 Å². The lowest BCUT2D eigenvalue weighted by atomic mass is 10.1. The molecule has 0 spiro atoms. The van der Waals surface area contributed by atoms with E-state index in [1.165, 1.54) is 0 Å². The van der Waals surface area contributed by atoms with E-state index in [9.17, 15) is 15.1 Å². The molecule has 9 aromatic carbocycles. The fraction of sp³-hybridized carbons (Fsp3) is 0. The maximum absolute atomic E-state index is 10.2. The molecule has 0 fully saturated rings. The third-order valence-corrected chi connectivity index (χ3v) is 14.5. The smallest absolute Gasteiger partial charge is 0.179 e. The van der Waals surface area contributed by atoms with E-state index < -0.39 is 186 Å². The Hall–Kier alpha value is -7.20. The van der Waals surface area contributed by atoms with Crippen molar-refractivity contribution in [3.8, 4) is 22.5 Å². The van der Waals surface area contributed by atoms with E-state index in [4.69, 9.17) is 16.4 Å². The number of rotatable bonds is 7. The molecule has 3 heteroatoms. The molecule has 0 saturated heterocycles. The van der Waals surface area contributed by atoms with Crippen molar-refractivity contribution < 1.29 is 31.5 Å². The second kappa shape index (κ2) is 13.5. The van der Waals surface area contributed by atoms with Crippen LogP contribution in [0.25, 0.3) is 66.1 Å². The molecule has 0 amide bonds. The Bertz CT molecular complexity index is 4520. The van der Waals surface area contributed by atoms with Crippen molar-refractivity contribution in [1.82, 2.24) is 9.13 Å². The normalized spacial score (nSPS) is 18.4. The summed E-state index contributed by atoms with van der Waals surface area (Å²) < 4.78 is 215. The average molecular weight is 766 g/mol. The second-order valence-corrected chi connectivity index (χ2v) is 16.8. The standard InChI is InChI=1S/C54H38N2Si/c1-4-17-39(18-5-1)40-19-16-24-46(37-40)57(43-20-6-2-7-21-43,44-22-8-3-9-23-44)45-34-31-41(32-35-45)55-53-30-15-12-27-49(53)50-38-42(33-36-54(50)55)56-51-28-13-10-25-47(51)48-26-11-14-29-52(48)56/h1-38H/i2D,6D,7D,10D,11D,12D,13D,14D,15D,20D,21D,25D,26D,27D,28D,30D,31D,32D,33D,34D,35D,36D,38D. The Morgan fingerprint density at radius 1 is 0.333 bits per heavy atom. The lowest BCUT2D eigenvalue weighted by Gasteiger charge is -2.35. The van der Waals surface area contributed by atoms with Gasteiger partial charge >= 0.3 is 0 Å². The summed E-state index contributed by atoms with van der Waals surface area (Å²) in [4.78, 5) is 0. The molecule has 0 aliphatic heterocycles. The highest BCUT2D eigenvalue weighted by Gasteiger charge is 2.41. The van der Waals surface area contributed by atoms with Crippen LogP contribution in [0.1, 0.15) is 31.5 Å². The van der Waals surface area contributed by atoms with Gasteiger partial charge in [0, 0.05) is 32.9 Å². The van der Waals surface area contributed by atoms with Crippen LogP contribution in [0.4, 0.5) is 0 Å². The second-order valence-electron chi connectivity index (χ2n) is 13.2. The molecular formula is C54H38N2Si. The van der Waals surface area contributed by atoms with Crippen molar-refractivity contribution in [2.75, 3.05) is 0 Å². The van der Waals surface area contributed by atoms with E-state index >= 15 is 0 Å². The largest absolute Gasteiger partial charge is 0.309 e. The molecule has 57 heavy (non-hydrogen) atoms. The molecule has 0 aliphatic rings. The predicted octanol–water partition coefficient (Wildman–Crippen LogP) is 10.9. The summed E-state index contributed by atoms with van der Waals surface area (Å²) in [5.41, 5.74) is -1.82. The fourth-order valence-electron chi connectivity index (χ4n) is 7.72. The summed E-state index contributed by atoms with van der Waals surface area (Å²) in [7, 11) is -4.82. The number of aromatic nitrogens is 2. The molecule has 1 unspecified atom stereocenters. The zero-order valence-corrected chi connectivity index (χ0v) is 30.6. The summed E-state index contributed by atoms with van der Waals surface area (Å²) in [6.07, 6.45) is 0. The molecule has 2 nitrogen and oxygen atoms in total.